The molecular weight excluding hydrogens is 412 g/mol. The zero-order valence-corrected chi connectivity index (χ0v) is 18.4. The first kappa shape index (κ1) is 20.9. The molecule has 1 aliphatic rings. The van der Waals surface area contributed by atoms with Crippen LogP contribution in [0.5, 0.6) is 5.75 Å². The van der Waals surface area contributed by atoms with Crippen molar-refractivity contribution in [1.29, 1.82) is 0 Å². The summed E-state index contributed by atoms with van der Waals surface area (Å²) in [4.78, 5) is 22.1. The van der Waals surface area contributed by atoms with Gasteiger partial charge in [-0.15, -0.1) is 5.10 Å². The van der Waals surface area contributed by atoms with Crippen molar-refractivity contribution in [3.63, 3.8) is 0 Å². The Morgan fingerprint density at radius 1 is 1.32 bits per heavy atom. The van der Waals surface area contributed by atoms with Crippen molar-refractivity contribution >= 4 is 29.3 Å². The number of carbonyl (C=O) groups is 1. The fourth-order valence-electron chi connectivity index (χ4n) is 3.43. The van der Waals surface area contributed by atoms with Crippen LogP contribution in [0.15, 0.2) is 65.2 Å². The van der Waals surface area contributed by atoms with Crippen LogP contribution in [0.4, 0.5) is 11.6 Å². The van der Waals surface area contributed by atoms with Crippen LogP contribution in [-0.4, -0.2) is 38.5 Å². The molecule has 1 atom stereocenters. The lowest BCUT2D eigenvalue weighted by atomic mass is 9.95. The summed E-state index contributed by atoms with van der Waals surface area (Å²) >= 11 is 1.60. The van der Waals surface area contributed by atoms with E-state index >= 15 is 0 Å². The minimum Gasteiger partial charge on any atom is -0.497 e. The number of carbonyl (C=O) groups excluding carboxylic acids is 1. The van der Waals surface area contributed by atoms with Crippen LogP contribution in [0.25, 0.3) is 0 Å². The molecule has 31 heavy (non-hydrogen) atoms. The summed E-state index contributed by atoms with van der Waals surface area (Å²) in [7, 11) is 1.62. The van der Waals surface area contributed by atoms with Gasteiger partial charge in [0.25, 0.3) is 5.91 Å². The number of aromatic nitrogens is 4. The lowest BCUT2D eigenvalue weighted by molar-refractivity contribution is -0.113. The van der Waals surface area contributed by atoms with E-state index in [1.54, 1.807) is 48.1 Å². The predicted molar refractivity (Wildman–Crippen MR) is 121 cm³/mol. The number of thioether (sulfide) groups is 1. The number of pyridine rings is 1. The fourth-order valence-corrected chi connectivity index (χ4v) is 4.12. The summed E-state index contributed by atoms with van der Waals surface area (Å²) in [5.74, 6) is 2.02. The summed E-state index contributed by atoms with van der Waals surface area (Å²) < 4.78 is 7.20. The summed E-state index contributed by atoms with van der Waals surface area (Å²) in [5.41, 5.74) is 2.79. The maximum atomic E-state index is 13.4. The van der Waals surface area contributed by atoms with E-state index in [4.69, 9.17) is 9.84 Å². The maximum Gasteiger partial charge on any atom is 0.255 e. The molecule has 0 saturated carbocycles. The van der Waals surface area contributed by atoms with E-state index in [1.165, 1.54) is 0 Å². The first-order chi connectivity index (χ1) is 15.1. The topological polar surface area (TPSA) is 94.0 Å². The molecule has 3 aromatic rings. The zero-order valence-electron chi connectivity index (χ0n) is 17.6. The van der Waals surface area contributed by atoms with Crippen LogP contribution in [-0.2, 0) is 4.79 Å². The molecule has 2 N–H and O–H groups in total. The quantitative estimate of drug-likeness (QED) is 0.538. The lowest BCUT2D eigenvalue weighted by Crippen LogP contribution is -2.31. The van der Waals surface area contributed by atoms with Crippen LogP contribution in [0.1, 0.15) is 31.9 Å². The van der Waals surface area contributed by atoms with Gasteiger partial charge in [0.1, 0.15) is 11.8 Å². The molecular formula is C22H24N6O2S. The Morgan fingerprint density at radius 2 is 2.19 bits per heavy atom. The van der Waals surface area contributed by atoms with Gasteiger partial charge in [0.2, 0.25) is 11.1 Å². The van der Waals surface area contributed by atoms with Crippen LogP contribution >= 0.6 is 11.8 Å². The molecule has 4 rings (SSSR count). The van der Waals surface area contributed by atoms with Crippen LogP contribution in [0.3, 0.4) is 0 Å². The molecule has 0 spiro atoms. The molecule has 1 unspecified atom stereocenters. The van der Waals surface area contributed by atoms with E-state index in [9.17, 15) is 4.79 Å². The summed E-state index contributed by atoms with van der Waals surface area (Å²) in [6, 6.07) is 10.8. The Bertz CT molecular complexity index is 1110. The highest BCUT2D eigenvalue weighted by molar-refractivity contribution is 7.99. The fraction of sp³-hybridized carbons (Fsp3) is 0.273. The third-order valence-electron chi connectivity index (χ3n) is 4.84. The summed E-state index contributed by atoms with van der Waals surface area (Å²) in [6.45, 7) is 4.00. The Kier molecular flexibility index (Phi) is 6.22. The zero-order chi connectivity index (χ0) is 21.8. The van der Waals surface area contributed by atoms with Crippen molar-refractivity contribution in [3.8, 4) is 5.75 Å². The van der Waals surface area contributed by atoms with Crippen LogP contribution in [0.2, 0.25) is 0 Å². The Balaban J connectivity index is 1.77. The van der Waals surface area contributed by atoms with E-state index in [1.807, 2.05) is 31.2 Å². The molecule has 8 nitrogen and oxygen atoms in total. The highest BCUT2D eigenvalue weighted by Crippen LogP contribution is 2.37. The SMILES string of the molecule is CCCSc1nc2n(n1)C(c1cccc(OC)c1)C(C(=O)Nc1cccnc1)=C(C)N2. The number of nitrogens with one attached hydrogen (secondary N) is 2. The first-order valence-electron chi connectivity index (χ1n) is 10.0. The van der Waals surface area contributed by atoms with E-state index < -0.39 is 6.04 Å². The molecule has 1 aliphatic heterocycles. The molecule has 3 heterocycles. The third kappa shape index (κ3) is 4.41. The molecule has 9 heteroatoms. The molecule has 0 saturated heterocycles. The standard InChI is InChI=1S/C22H24N6O2S/c1-4-11-31-22-26-21-24-14(2)18(20(29)25-16-8-6-10-23-13-16)19(28(21)27-22)15-7-5-9-17(12-15)30-3/h5-10,12-13,19H,4,11H2,1-3H3,(H,25,29)(H,24,26,27). The highest BCUT2D eigenvalue weighted by Gasteiger charge is 2.34. The smallest absolute Gasteiger partial charge is 0.255 e. The molecule has 0 bridgehead atoms. The molecule has 0 radical (unpaired) electrons. The molecule has 0 aliphatic carbocycles. The predicted octanol–water partition coefficient (Wildman–Crippen LogP) is 4.11. The average Bonchev–Trinajstić information content (AvgIpc) is 3.19. The number of fused-ring (bicyclic) bond motifs is 1. The van der Waals surface area contributed by atoms with Crippen molar-refractivity contribution in [1.82, 2.24) is 19.7 Å². The van der Waals surface area contributed by atoms with Gasteiger partial charge in [-0.05, 0) is 43.2 Å². The van der Waals surface area contributed by atoms with Crippen molar-refractivity contribution in [2.45, 2.75) is 31.5 Å². The number of methoxy groups -OCH3 is 1. The second-order valence-corrected chi connectivity index (χ2v) is 8.11. The molecule has 0 fully saturated rings. The molecule has 160 valence electrons. The van der Waals surface area contributed by atoms with Gasteiger partial charge in [-0.3, -0.25) is 9.78 Å². The van der Waals surface area contributed by atoms with E-state index in [0.717, 1.165) is 23.4 Å². The number of ether oxygens (including phenoxy) is 1. The minimum absolute atomic E-state index is 0.227. The molecule has 2 aromatic heterocycles. The van der Waals surface area contributed by atoms with Crippen molar-refractivity contribution in [2.75, 3.05) is 23.5 Å². The van der Waals surface area contributed by atoms with Gasteiger partial charge < -0.3 is 15.4 Å². The second kappa shape index (κ2) is 9.22. The van der Waals surface area contributed by atoms with Gasteiger partial charge in [-0.25, -0.2) is 4.68 Å². The number of hydrogen-bond donors (Lipinski definition) is 2. The highest BCUT2D eigenvalue weighted by atomic mass is 32.2. The van der Waals surface area contributed by atoms with Gasteiger partial charge in [-0.1, -0.05) is 30.8 Å². The number of nitrogens with zero attached hydrogens (tertiary/aromatic N) is 4. The third-order valence-corrected chi connectivity index (χ3v) is 5.89. The molecule has 1 amide bonds. The normalized spacial score (nSPS) is 15.3. The lowest BCUT2D eigenvalue weighted by Gasteiger charge is -2.28. The number of rotatable bonds is 7. The summed E-state index contributed by atoms with van der Waals surface area (Å²) in [6.07, 6.45) is 4.31. The largest absolute Gasteiger partial charge is 0.497 e. The Hall–Kier alpha value is -3.33. The maximum absolute atomic E-state index is 13.4. The van der Waals surface area contributed by atoms with E-state index in [-0.39, 0.29) is 5.91 Å². The first-order valence-corrected chi connectivity index (χ1v) is 11.0. The second-order valence-electron chi connectivity index (χ2n) is 7.05. The van der Waals surface area contributed by atoms with E-state index in [0.29, 0.717) is 28.1 Å². The number of benzene rings is 1. The van der Waals surface area contributed by atoms with Crippen molar-refractivity contribution < 1.29 is 9.53 Å². The van der Waals surface area contributed by atoms with Gasteiger partial charge >= 0.3 is 0 Å². The van der Waals surface area contributed by atoms with Crippen molar-refractivity contribution in [2.24, 2.45) is 0 Å². The molecule has 1 aromatic carbocycles. The number of hydrogen-bond acceptors (Lipinski definition) is 7. The van der Waals surface area contributed by atoms with Gasteiger partial charge in [0, 0.05) is 17.6 Å². The van der Waals surface area contributed by atoms with Crippen molar-refractivity contribution in [3.05, 3.63) is 65.6 Å². The van der Waals surface area contributed by atoms with Gasteiger partial charge in [-0.2, -0.15) is 4.98 Å². The monoisotopic (exact) mass is 436 g/mol. The number of anilines is 2. The van der Waals surface area contributed by atoms with Gasteiger partial charge in [0.05, 0.1) is 24.6 Å². The Morgan fingerprint density at radius 3 is 2.94 bits per heavy atom. The van der Waals surface area contributed by atoms with Gasteiger partial charge in [0.15, 0.2) is 0 Å². The summed E-state index contributed by atoms with van der Waals surface area (Å²) in [5, 5.41) is 11.6. The number of amides is 1. The van der Waals surface area contributed by atoms with Crippen LogP contribution in [0, 0.1) is 0 Å². The number of allylic oxidation sites excluding steroid dienone is 1. The van der Waals surface area contributed by atoms with E-state index in [2.05, 4.69) is 27.5 Å². The van der Waals surface area contributed by atoms with Crippen LogP contribution < -0.4 is 15.4 Å². The Labute approximate surface area is 185 Å². The average molecular weight is 437 g/mol. The minimum atomic E-state index is -0.452.